The molecule has 3 nitrogen and oxygen atoms in total. The topological polar surface area (TPSA) is 42.0 Å². The highest BCUT2D eigenvalue weighted by Crippen LogP contribution is 2.23. The van der Waals surface area contributed by atoms with Crippen LogP contribution >= 0.6 is 27.5 Å². The Kier molecular flexibility index (Phi) is 5.22. The molecule has 0 saturated heterocycles. The predicted octanol–water partition coefficient (Wildman–Crippen LogP) is 3.87. The Hall–Kier alpha value is -0.610. The van der Waals surface area contributed by atoms with Crippen LogP contribution in [0.5, 0.6) is 0 Å². The number of amides is 1. The number of nitrogens with one attached hydrogen (secondary N) is 1. The molecule has 0 aliphatic heterocycles. The molecule has 1 heterocycles. The minimum Gasteiger partial charge on any atom is -0.324 e. The highest BCUT2D eigenvalue weighted by molar-refractivity contribution is 9.10. The minimum atomic E-state index is 0.0287. The van der Waals surface area contributed by atoms with Gasteiger partial charge in [-0.3, -0.25) is 4.79 Å². The van der Waals surface area contributed by atoms with Gasteiger partial charge in [0, 0.05) is 5.92 Å². The Bertz CT molecular complexity index is 380. The molecule has 0 aliphatic rings. The first kappa shape index (κ1) is 13.5. The van der Waals surface area contributed by atoms with Crippen LogP contribution in [-0.2, 0) is 4.79 Å². The molecule has 88 valence electrons. The molecule has 0 saturated carbocycles. The molecule has 0 radical (unpaired) electrons. The van der Waals surface area contributed by atoms with Crippen LogP contribution < -0.4 is 5.32 Å². The highest BCUT2D eigenvalue weighted by Gasteiger charge is 2.14. The molecule has 1 rings (SSSR count). The van der Waals surface area contributed by atoms with E-state index in [1.165, 1.54) is 0 Å². The normalized spacial score (nSPS) is 10.6. The van der Waals surface area contributed by atoms with Crippen LogP contribution in [0.4, 0.5) is 5.69 Å². The van der Waals surface area contributed by atoms with E-state index in [1.807, 2.05) is 13.8 Å². The number of carbonyl (C=O) groups is 1. The van der Waals surface area contributed by atoms with Gasteiger partial charge in [0.15, 0.2) is 0 Å². The minimum absolute atomic E-state index is 0.0287. The smallest absolute Gasteiger partial charge is 0.227 e. The number of pyridine rings is 1. The molecule has 16 heavy (non-hydrogen) atoms. The molecule has 1 amide bonds. The van der Waals surface area contributed by atoms with Gasteiger partial charge in [-0.05, 0) is 34.8 Å². The summed E-state index contributed by atoms with van der Waals surface area (Å²) in [7, 11) is 0. The second-order valence-electron chi connectivity index (χ2n) is 3.50. The molecule has 1 N–H and O–H groups in total. The van der Waals surface area contributed by atoms with Crippen molar-refractivity contribution in [3.05, 3.63) is 21.9 Å². The van der Waals surface area contributed by atoms with E-state index in [1.54, 1.807) is 12.3 Å². The van der Waals surface area contributed by atoms with E-state index in [9.17, 15) is 4.79 Å². The van der Waals surface area contributed by atoms with Gasteiger partial charge in [0.1, 0.15) is 5.15 Å². The average molecular weight is 306 g/mol. The molecule has 0 spiro atoms. The zero-order valence-electron chi connectivity index (χ0n) is 9.26. The van der Waals surface area contributed by atoms with Gasteiger partial charge in [-0.15, -0.1) is 0 Å². The van der Waals surface area contributed by atoms with E-state index < -0.39 is 0 Å². The molecule has 0 aromatic carbocycles. The molecule has 1 aromatic heterocycles. The number of nitrogens with zero attached hydrogens (tertiary/aromatic N) is 1. The van der Waals surface area contributed by atoms with E-state index in [4.69, 9.17) is 11.6 Å². The number of hydrogen-bond acceptors (Lipinski definition) is 2. The number of anilines is 1. The molecule has 5 heteroatoms. The van der Waals surface area contributed by atoms with E-state index in [0.29, 0.717) is 15.3 Å². The Morgan fingerprint density at radius 1 is 1.56 bits per heavy atom. The molecule has 1 aromatic rings. The van der Waals surface area contributed by atoms with Crippen LogP contribution in [0, 0.1) is 5.92 Å². The van der Waals surface area contributed by atoms with Gasteiger partial charge in [-0.1, -0.05) is 25.4 Å². The molecular formula is C11H14BrClN2O. The standard InChI is InChI=1S/C11H14BrClN2O/c1-3-7(4-2)11(16)15-8-5-9(12)10(13)14-6-8/h5-7H,3-4H2,1-2H3,(H,15,16). The number of carbonyl (C=O) groups excluding carboxylic acids is 1. The third-order valence-corrected chi connectivity index (χ3v) is 3.55. The highest BCUT2D eigenvalue weighted by atomic mass is 79.9. The van der Waals surface area contributed by atoms with Gasteiger partial charge < -0.3 is 5.32 Å². The third kappa shape index (κ3) is 3.46. The van der Waals surface area contributed by atoms with E-state index >= 15 is 0 Å². The fourth-order valence-electron chi connectivity index (χ4n) is 1.39. The molecule has 0 aliphatic carbocycles. The summed E-state index contributed by atoms with van der Waals surface area (Å²) in [5, 5.41) is 3.21. The maximum Gasteiger partial charge on any atom is 0.227 e. The summed E-state index contributed by atoms with van der Waals surface area (Å²) in [6.07, 6.45) is 3.22. The van der Waals surface area contributed by atoms with Crippen LogP contribution in [0.1, 0.15) is 26.7 Å². The lowest BCUT2D eigenvalue weighted by Crippen LogP contribution is -2.21. The maximum absolute atomic E-state index is 11.8. The Morgan fingerprint density at radius 3 is 2.69 bits per heavy atom. The summed E-state index contributed by atoms with van der Waals surface area (Å²) in [5.74, 6) is 0.0791. The van der Waals surface area contributed by atoms with Crippen LogP contribution in [-0.4, -0.2) is 10.9 Å². The van der Waals surface area contributed by atoms with Crippen molar-refractivity contribution in [3.8, 4) is 0 Å². The van der Waals surface area contributed by atoms with Crippen molar-refractivity contribution in [2.45, 2.75) is 26.7 Å². The fourth-order valence-corrected chi connectivity index (χ4v) is 1.85. The van der Waals surface area contributed by atoms with Crippen molar-refractivity contribution in [2.24, 2.45) is 5.92 Å². The van der Waals surface area contributed by atoms with Crippen molar-refractivity contribution in [1.29, 1.82) is 0 Å². The Morgan fingerprint density at radius 2 is 2.19 bits per heavy atom. The van der Waals surface area contributed by atoms with E-state index in [2.05, 4.69) is 26.2 Å². The summed E-state index contributed by atoms with van der Waals surface area (Å²) in [5.41, 5.74) is 0.660. The van der Waals surface area contributed by atoms with Crippen molar-refractivity contribution >= 4 is 39.1 Å². The summed E-state index contributed by atoms with van der Waals surface area (Å²) in [6, 6.07) is 1.75. The lowest BCUT2D eigenvalue weighted by atomic mass is 10.0. The summed E-state index contributed by atoms with van der Waals surface area (Å²) >= 11 is 9.03. The van der Waals surface area contributed by atoms with Gasteiger partial charge in [0.05, 0.1) is 16.4 Å². The largest absolute Gasteiger partial charge is 0.324 e. The van der Waals surface area contributed by atoms with Crippen LogP contribution in [0.15, 0.2) is 16.7 Å². The van der Waals surface area contributed by atoms with Gasteiger partial charge in [-0.25, -0.2) is 4.98 Å². The van der Waals surface area contributed by atoms with Gasteiger partial charge in [0.2, 0.25) is 5.91 Å². The molecule has 0 unspecified atom stereocenters. The number of hydrogen-bond donors (Lipinski definition) is 1. The number of rotatable bonds is 4. The summed E-state index contributed by atoms with van der Waals surface area (Å²) < 4.78 is 0.677. The Labute approximate surface area is 109 Å². The van der Waals surface area contributed by atoms with Crippen molar-refractivity contribution < 1.29 is 4.79 Å². The lowest BCUT2D eigenvalue weighted by Gasteiger charge is -2.12. The monoisotopic (exact) mass is 304 g/mol. The first-order valence-corrected chi connectivity index (χ1v) is 6.37. The predicted molar refractivity (Wildman–Crippen MR) is 69.6 cm³/mol. The first-order valence-electron chi connectivity index (χ1n) is 5.20. The second kappa shape index (κ2) is 6.21. The quantitative estimate of drug-likeness (QED) is 0.858. The number of halogens is 2. The van der Waals surface area contributed by atoms with Crippen molar-refractivity contribution in [3.63, 3.8) is 0 Å². The summed E-state index contributed by atoms with van der Waals surface area (Å²) in [4.78, 5) is 15.7. The van der Waals surface area contributed by atoms with Crippen molar-refractivity contribution in [2.75, 3.05) is 5.32 Å². The van der Waals surface area contributed by atoms with Crippen molar-refractivity contribution in [1.82, 2.24) is 4.98 Å². The van der Waals surface area contributed by atoms with Gasteiger partial charge >= 0.3 is 0 Å². The fraction of sp³-hybridized carbons (Fsp3) is 0.455. The van der Waals surface area contributed by atoms with Crippen LogP contribution in [0.3, 0.4) is 0 Å². The summed E-state index contributed by atoms with van der Waals surface area (Å²) in [6.45, 7) is 4.01. The van der Waals surface area contributed by atoms with Gasteiger partial charge in [0.25, 0.3) is 0 Å². The number of aromatic nitrogens is 1. The SMILES string of the molecule is CCC(CC)C(=O)Nc1cnc(Cl)c(Br)c1. The molecule has 0 atom stereocenters. The van der Waals surface area contributed by atoms with E-state index in [0.717, 1.165) is 12.8 Å². The second-order valence-corrected chi connectivity index (χ2v) is 4.71. The van der Waals surface area contributed by atoms with Gasteiger partial charge in [-0.2, -0.15) is 0 Å². The zero-order valence-corrected chi connectivity index (χ0v) is 11.6. The Balaban J connectivity index is 2.73. The van der Waals surface area contributed by atoms with E-state index in [-0.39, 0.29) is 11.8 Å². The first-order chi connectivity index (χ1) is 7.58. The molecule has 0 bridgehead atoms. The molecular weight excluding hydrogens is 291 g/mol. The third-order valence-electron chi connectivity index (χ3n) is 2.42. The lowest BCUT2D eigenvalue weighted by molar-refractivity contribution is -0.120. The zero-order chi connectivity index (χ0) is 12.1. The van der Waals surface area contributed by atoms with Crippen LogP contribution in [0.2, 0.25) is 5.15 Å². The average Bonchev–Trinajstić information content (AvgIpc) is 2.25. The maximum atomic E-state index is 11.8. The molecule has 0 fully saturated rings. The van der Waals surface area contributed by atoms with Crippen LogP contribution in [0.25, 0.3) is 0 Å².